The highest BCUT2D eigenvalue weighted by Gasteiger charge is 2.20. The molecule has 0 heterocycles. The number of amides is 1. The van der Waals surface area contributed by atoms with Crippen molar-refractivity contribution < 1.29 is 14.3 Å². The average molecular weight is 231 g/mol. The third kappa shape index (κ3) is 5.47. The predicted octanol–water partition coefficient (Wildman–Crippen LogP) is 1.69. The smallest absolute Gasteiger partial charge is 0.248 e. The molecule has 4 heteroatoms. The van der Waals surface area contributed by atoms with E-state index in [1.165, 1.54) is 0 Å². The first kappa shape index (κ1) is 15.4. The maximum Gasteiger partial charge on any atom is 0.248 e. The lowest BCUT2D eigenvalue weighted by Crippen LogP contribution is -2.43. The van der Waals surface area contributed by atoms with Gasteiger partial charge in [-0.3, -0.25) is 4.79 Å². The first-order valence-electron chi connectivity index (χ1n) is 6.07. The molecule has 1 amide bonds. The Morgan fingerprint density at radius 2 is 1.88 bits per heavy atom. The Balaban J connectivity index is 4.32. The molecule has 0 unspecified atom stereocenters. The van der Waals surface area contributed by atoms with Crippen molar-refractivity contribution in [2.75, 3.05) is 33.5 Å². The fourth-order valence-electron chi connectivity index (χ4n) is 1.70. The lowest BCUT2D eigenvalue weighted by atomic mass is 10.1. The van der Waals surface area contributed by atoms with Gasteiger partial charge in [-0.2, -0.15) is 0 Å². The van der Waals surface area contributed by atoms with E-state index in [1.54, 1.807) is 7.11 Å². The molecule has 0 spiro atoms. The van der Waals surface area contributed by atoms with Crippen LogP contribution in [0.2, 0.25) is 0 Å². The fourth-order valence-corrected chi connectivity index (χ4v) is 1.70. The molecule has 0 rings (SSSR count). The molecule has 0 saturated carbocycles. The van der Waals surface area contributed by atoms with Gasteiger partial charge in [0.2, 0.25) is 5.91 Å². The van der Waals surface area contributed by atoms with Crippen LogP contribution in [0, 0.1) is 0 Å². The minimum Gasteiger partial charge on any atom is -0.383 e. The maximum atomic E-state index is 11.9. The Kier molecular flexibility index (Phi) is 9.24. The second-order valence-corrected chi connectivity index (χ2v) is 3.69. The molecule has 0 aliphatic carbocycles. The van der Waals surface area contributed by atoms with Gasteiger partial charge in [-0.25, -0.2) is 0 Å². The topological polar surface area (TPSA) is 38.8 Å². The zero-order valence-corrected chi connectivity index (χ0v) is 11.0. The molecule has 0 aromatic carbocycles. The van der Waals surface area contributed by atoms with E-state index in [4.69, 9.17) is 9.47 Å². The Morgan fingerprint density at radius 3 is 2.31 bits per heavy atom. The molecule has 0 aromatic heterocycles. The molecule has 0 saturated heterocycles. The summed E-state index contributed by atoms with van der Waals surface area (Å²) in [5, 5.41) is 0. The number of carbonyl (C=O) groups excluding carboxylic acids is 1. The van der Waals surface area contributed by atoms with Gasteiger partial charge in [0.05, 0.1) is 6.61 Å². The highest BCUT2D eigenvalue weighted by molar-refractivity contribution is 5.77. The van der Waals surface area contributed by atoms with Crippen molar-refractivity contribution in [1.29, 1.82) is 0 Å². The molecule has 4 nitrogen and oxygen atoms in total. The standard InChI is InChI=1S/C12H25NO3/c1-5-11(6-2)13(8-9-15-4)12(14)10-16-7-3/h11H,5-10H2,1-4H3. The van der Waals surface area contributed by atoms with Gasteiger partial charge in [-0.1, -0.05) is 13.8 Å². The SMILES string of the molecule is CCOCC(=O)N(CCOC)C(CC)CC. The zero-order chi connectivity index (χ0) is 12.4. The average Bonchev–Trinajstić information content (AvgIpc) is 2.31. The van der Waals surface area contributed by atoms with Gasteiger partial charge in [0.1, 0.15) is 6.61 Å². The molecule has 0 aromatic rings. The fraction of sp³-hybridized carbons (Fsp3) is 0.917. The van der Waals surface area contributed by atoms with Crippen LogP contribution in [0.4, 0.5) is 0 Å². The molecule has 16 heavy (non-hydrogen) atoms. The van der Waals surface area contributed by atoms with E-state index in [2.05, 4.69) is 13.8 Å². The number of hydrogen-bond acceptors (Lipinski definition) is 3. The van der Waals surface area contributed by atoms with Gasteiger partial charge in [0.15, 0.2) is 0 Å². The predicted molar refractivity (Wildman–Crippen MR) is 64.5 cm³/mol. The first-order valence-corrected chi connectivity index (χ1v) is 6.07. The summed E-state index contributed by atoms with van der Waals surface area (Å²) in [4.78, 5) is 13.8. The number of rotatable bonds is 9. The second-order valence-electron chi connectivity index (χ2n) is 3.69. The van der Waals surface area contributed by atoms with E-state index < -0.39 is 0 Å². The van der Waals surface area contributed by atoms with E-state index in [9.17, 15) is 4.79 Å². The summed E-state index contributed by atoms with van der Waals surface area (Å²) in [7, 11) is 1.65. The van der Waals surface area contributed by atoms with Crippen LogP contribution in [0.5, 0.6) is 0 Å². The van der Waals surface area contributed by atoms with Crippen molar-refractivity contribution in [3.63, 3.8) is 0 Å². The normalized spacial score (nSPS) is 10.8. The third-order valence-corrected chi connectivity index (χ3v) is 2.67. The molecule has 0 bridgehead atoms. The number of hydrogen-bond donors (Lipinski definition) is 0. The van der Waals surface area contributed by atoms with E-state index >= 15 is 0 Å². The number of ether oxygens (including phenoxy) is 2. The lowest BCUT2D eigenvalue weighted by Gasteiger charge is -2.30. The van der Waals surface area contributed by atoms with Gasteiger partial charge in [-0.05, 0) is 19.8 Å². The van der Waals surface area contributed by atoms with Crippen LogP contribution >= 0.6 is 0 Å². The summed E-state index contributed by atoms with van der Waals surface area (Å²) in [6.45, 7) is 8.07. The van der Waals surface area contributed by atoms with Gasteiger partial charge < -0.3 is 14.4 Å². The van der Waals surface area contributed by atoms with Crippen LogP contribution in [0.15, 0.2) is 0 Å². The molecule has 0 aliphatic heterocycles. The van der Waals surface area contributed by atoms with Gasteiger partial charge in [-0.15, -0.1) is 0 Å². The minimum absolute atomic E-state index is 0.0626. The number of nitrogens with zero attached hydrogens (tertiary/aromatic N) is 1. The quantitative estimate of drug-likeness (QED) is 0.606. The summed E-state index contributed by atoms with van der Waals surface area (Å²) in [5.74, 6) is 0.0626. The molecule has 96 valence electrons. The Morgan fingerprint density at radius 1 is 1.25 bits per heavy atom. The second kappa shape index (κ2) is 9.60. The summed E-state index contributed by atoms with van der Waals surface area (Å²) >= 11 is 0. The molecule has 0 atom stereocenters. The van der Waals surface area contributed by atoms with Crippen LogP contribution < -0.4 is 0 Å². The maximum absolute atomic E-state index is 11.9. The van der Waals surface area contributed by atoms with Crippen molar-refractivity contribution in [2.45, 2.75) is 39.7 Å². The highest BCUT2D eigenvalue weighted by Crippen LogP contribution is 2.09. The monoisotopic (exact) mass is 231 g/mol. The molecule has 0 radical (unpaired) electrons. The van der Waals surface area contributed by atoms with E-state index in [0.717, 1.165) is 12.8 Å². The van der Waals surface area contributed by atoms with E-state index in [-0.39, 0.29) is 12.5 Å². The molecule has 0 N–H and O–H groups in total. The molecule has 0 fully saturated rings. The lowest BCUT2D eigenvalue weighted by molar-refractivity contribution is -0.139. The summed E-state index contributed by atoms with van der Waals surface area (Å²) < 4.78 is 10.2. The van der Waals surface area contributed by atoms with E-state index in [0.29, 0.717) is 25.8 Å². The van der Waals surface area contributed by atoms with Crippen LogP contribution in [-0.4, -0.2) is 50.3 Å². The van der Waals surface area contributed by atoms with Crippen molar-refractivity contribution in [3.05, 3.63) is 0 Å². The molecular weight excluding hydrogens is 206 g/mol. The highest BCUT2D eigenvalue weighted by atomic mass is 16.5. The van der Waals surface area contributed by atoms with Gasteiger partial charge in [0, 0.05) is 26.3 Å². The number of methoxy groups -OCH3 is 1. The zero-order valence-electron chi connectivity index (χ0n) is 11.0. The Hall–Kier alpha value is -0.610. The van der Waals surface area contributed by atoms with Crippen molar-refractivity contribution in [2.24, 2.45) is 0 Å². The third-order valence-electron chi connectivity index (χ3n) is 2.67. The first-order chi connectivity index (χ1) is 7.71. The largest absolute Gasteiger partial charge is 0.383 e. The van der Waals surface area contributed by atoms with Crippen LogP contribution in [0.1, 0.15) is 33.6 Å². The van der Waals surface area contributed by atoms with Crippen LogP contribution in [0.3, 0.4) is 0 Å². The van der Waals surface area contributed by atoms with E-state index in [1.807, 2.05) is 11.8 Å². The minimum atomic E-state index is 0.0626. The van der Waals surface area contributed by atoms with Gasteiger partial charge >= 0.3 is 0 Å². The Labute approximate surface area is 98.9 Å². The van der Waals surface area contributed by atoms with Crippen molar-refractivity contribution >= 4 is 5.91 Å². The van der Waals surface area contributed by atoms with Crippen molar-refractivity contribution in [3.8, 4) is 0 Å². The summed E-state index contributed by atoms with van der Waals surface area (Å²) in [5.41, 5.74) is 0. The summed E-state index contributed by atoms with van der Waals surface area (Å²) in [6, 6.07) is 0.295. The van der Waals surface area contributed by atoms with Crippen LogP contribution in [-0.2, 0) is 14.3 Å². The number of carbonyl (C=O) groups is 1. The van der Waals surface area contributed by atoms with Crippen LogP contribution in [0.25, 0.3) is 0 Å². The molecular formula is C12H25NO3. The summed E-state index contributed by atoms with van der Waals surface area (Å²) in [6.07, 6.45) is 1.94. The molecule has 0 aliphatic rings. The van der Waals surface area contributed by atoms with Crippen molar-refractivity contribution in [1.82, 2.24) is 4.90 Å². The Bertz CT molecular complexity index is 181. The van der Waals surface area contributed by atoms with Gasteiger partial charge in [0.25, 0.3) is 0 Å².